The number of allylic oxidation sites excluding steroid dienone is 6. The van der Waals surface area contributed by atoms with Crippen LogP contribution in [-0.4, -0.2) is 36.4 Å². The van der Waals surface area contributed by atoms with Crippen molar-refractivity contribution in [2.75, 3.05) is 13.2 Å². The molecule has 1 N–H and O–H groups in total. The van der Waals surface area contributed by atoms with Gasteiger partial charge in [0.2, 0.25) is 0 Å². The average Bonchev–Trinajstić information content (AvgIpc) is 3.49. The molecule has 0 aromatic heterocycles. The summed E-state index contributed by atoms with van der Waals surface area (Å²) in [6.07, 6.45) is 17.8. The smallest absolute Gasteiger partial charge is 0.309 e. The minimum atomic E-state index is -0.549. The maximum Gasteiger partial charge on any atom is 0.309 e. The summed E-state index contributed by atoms with van der Waals surface area (Å²) in [7, 11) is 0. The minimum Gasteiger partial charge on any atom is -0.465 e. The summed E-state index contributed by atoms with van der Waals surface area (Å²) in [6, 6.07) is 0. The van der Waals surface area contributed by atoms with E-state index in [0.717, 1.165) is 23.7 Å². The standard InChI is InChI=1S/C10H12.C9H10O2.C4H6O3.CH4/c1-2-9-7-4-5-8(6-7)10(9)3-1;10-9-8-6-2-1-5(3-6)7(8)4-11-9;5-3-1-4(6)7-2-3;/h1-2,4-5,7-10H,3,6H2;1-2,5-8H,3-4H2;3,5H,1-2H2;1H4. The minimum absolute atomic E-state index is 0. The van der Waals surface area contributed by atoms with E-state index < -0.39 is 6.10 Å². The van der Waals surface area contributed by atoms with Crippen LogP contribution in [0.4, 0.5) is 0 Å². The molecule has 5 heteroatoms. The van der Waals surface area contributed by atoms with Crippen LogP contribution in [0.2, 0.25) is 0 Å². The molecule has 0 spiro atoms. The van der Waals surface area contributed by atoms with Crippen molar-refractivity contribution < 1.29 is 24.2 Å². The average molecular weight is 401 g/mol. The monoisotopic (exact) mass is 400 g/mol. The molecule has 9 unspecified atom stereocenters. The van der Waals surface area contributed by atoms with Crippen molar-refractivity contribution in [2.24, 2.45) is 47.3 Å². The van der Waals surface area contributed by atoms with Gasteiger partial charge in [-0.25, -0.2) is 0 Å². The van der Waals surface area contributed by atoms with Gasteiger partial charge in [0.15, 0.2) is 0 Å². The van der Waals surface area contributed by atoms with Gasteiger partial charge in [0.1, 0.15) is 6.61 Å². The van der Waals surface area contributed by atoms with Gasteiger partial charge in [-0.1, -0.05) is 43.9 Å². The Balaban J connectivity index is 0.000000107. The zero-order chi connectivity index (χ0) is 19.3. The van der Waals surface area contributed by atoms with Crippen molar-refractivity contribution in [3.63, 3.8) is 0 Å². The lowest BCUT2D eigenvalue weighted by Crippen LogP contribution is -2.19. The molecule has 9 atom stereocenters. The number of carbonyl (C=O) groups is 2. The van der Waals surface area contributed by atoms with Gasteiger partial charge < -0.3 is 14.6 Å². The van der Waals surface area contributed by atoms with E-state index in [-0.39, 0.29) is 38.3 Å². The molecular formula is C24H32O5. The highest BCUT2D eigenvalue weighted by Gasteiger charge is 2.52. The number of hydrogen-bond acceptors (Lipinski definition) is 5. The molecule has 29 heavy (non-hydrogen) atoms. The zero-order valence-electron chi connectivity index (χ0n) is 16.0. The Morgan fingerprint density at radius 3 is 2.14 bits per heavy atom. The molecule has 4 fully saturated rings. The molecule has 5 aliphatic carbocycles. The Hall–Kier alpha value is -1.88. The Morgan fingerprint density at radius 2 is 1.52 bits per heavy atom. The highest BCUT2D eigenvalue weighted by molar-refractivity contribution is 5.76. The summed E-state index contributed by atoms with van der Waals surface area (Å²) in [6.45, 7) is 0.855. The van der Waals surface area contributed by atoms with E-state index >= 15 is 0 Å². The van der Waals surface area contributed by atoms with Crippen LogP contribution in [0.1, 0.15) is 33.1 Å². The molecule has 0 radical (unpaired) electrons. The number of ether oxygens (including phenoxy) is 2. The van der Waals surface area contributed by atoms with Gasteiger partial charge in [0.05, 0.1) is 25.0 Å². The molecule has 2 heterocycles. The fourth-order valence-electron chi connectivity index (χ4n) is 6.25. The van der Waals surface area contributed by atoms with E-state index in [0.29, 0.717) is 24.4 Å². The summed E-state index contributed by atoms with van der Waals surface area (Å²) in [5.74, 6) is 5.49. The van der Waals surface area contributed by atoms with E-state index in [2.05, 4.69) is 41.2 Å². The van der Waals surface area contributed by atoms with Crippen LogP contribution in [-0.2, 0) is 19.1 Å². The van der Waals surface area contributed by atoms with Gasteiger partial charge in [-0.2, -0.15) is 0 Å². The Labute approximate surface area is 172 Å². The predicted molar refractivity (Wildman–Crippen MR) is 108 cm³/mol. The molecule has 2 saturated heterocycles. The van der Waals surface area contributed by atoms with E-state index in [4.69, 9.17) is 9.84 Å². The van der Waals surface area contributed by atoms with Gasteiger partial charge in [0.25, 0.3) is 0 Å². The first-order chi connectivity index (χ1) is 13.6. The number of esters is 2. The van der Waals surface area contributed by atoms with Crippen molar-refractivity contribution >= 4 is 11.9 Å². The maximum absolute atomic E-state index is 11.2. The van der Waals surface area contributed by atoms with E-state index in [9.17, 15) is 9.59 Å². The third-order valence-electron chi connectivity index (χ3n) is 7.61. The van der Waals surface area contributed by atoms with Crippen LogP contribution >= 0.6 is 0 Å². The quantitative estimate of drug-likeness (QED) is 0.499. The van der Waals surface area contributed by atoms with Crippen LogP contribution < -0.4 is 0 Å². The lowest BCUT2D eigenvalue weighted by Gasteiger charge is -2.18. The summed E-state index contributed by atoms with van der Waals surface area (Å²) in [5, 5.41) is 8.55. The van der Waals surface area contributed by atoms with Crippen LogP contribution in [0.3, 0.4) is 0 Å². The van der Waals surface area contributed by atoms with Crippen molar-refractivity contribution in [3.05, 3.63) is 36.5 Å². The number of aliphatic hydroxyl groups excluding tert-OH is 1. The second-order valence-corrected chi connectivity index (χ2v) is 9.16. The van der Waals surface area contributed by atoms with Gasteiger partial charge in [-0.3, -0.25) is 9.59 Å². The van der Waals surface area contributed by atoms with Crippen LogP contribution in [0, 0.1) is 47.3 Å². The van der Waals surface area contributed by atoms with E-state index in [1.807, 2.05) is 0 Å². The SMILES string of the molecule is C.C1=CC2C3C=CC(C3)C2C1.O=C1CC(O)CO1.O=C1OCC2C3C=CC(C3)C12. The molecule has 5 nitrogen and oxygen atoms in total. The first-order valence-electron chi connectivity index (χ1n) is 10.6. The normalized spacial score (nSPS) is 45.6. The molecule has 4 bridgehead atoms. The first-order valence-corrected chi connectivity index (χ1v) is 10.6. The van der Waals surface area contributed by atoms with Crippen LogP contribution in [0.25, 0.3) is 0 Å². The lowest BCUT2D eigenvalue weighted by atomic mass is 9.86. The number of carbonyl (C=O) groups excluding carboxylic acids is 2. The number of aliphatic hydroxyl groups is 1. The highest BCUT2D eigenvalue weighted by Crippen LogP contribution is 2.52. The molecule has 7 aliphatic rings. The summed E-state index contributed by atoms with van der Waals surface area (Å²) < 4.78 is 9.40. The van der Waals surface area contributed by atoms with Gasteiger partial charge in [-0.15, -0.1) is 0 Å². The largest absolute Gasteiger partial charge is 0.465 e. The molecule has 0 aromatic carbocycles. The third kappa shape index (κ3) is 3.70. The fourth-order valence-corrected chi connectivity index (χ4v) is 6.25. The second kappa shape index (κ2) is 8.10. The molecule has 158 valence electrons. The van der Waals surface area contributed by atoms with Crippen molar-refractivity contribution in [1.82, 2.24) is 0 Å². The zero-order valence-corrected chi connectivity index (χ0v) is 16.0. The molecule has 7 rings (SSSR count). The predicted octanol–water partition coefficient (Wildman–Crippen LogP) is 3.30. The van der Waals surface area contributed by atoms with Crippen LogP contribution in [0.5, 0.6) is 0 Å². The second-order valence-electron chi connectivity index (χ2n) is 9.16. The topological polar surface area (TPSA) is 72.8 Å². The van der Waals surface area contributed by atoms with Gasteiger partial charge >= 0.3 is 11.9 Å². The van der Waals surface area contributed by atoms with Crippen LogP contribution in [0.15, 0.2) is 36.5 Å². The lowest BCUT2D eigenvalue weighted by molar-refractivity contribution is -0.142. The number of hydrogen-bond donors (Lipinski definition) is 1. The maximum atomic E-state index is 11.2. The van der Waals surface area contributed by atoms with Gasteiger partial charge in [-0.05, 0) is 54.8 Å². The Morgan fingerprint density at radius 1 is 0.828 bits per heavy atom. The number of cyclic esters (lactones) is 2. The summed E-state index contributed by atoms with van der Waals surface area (Å²) in [5.41, 5.74) is 0. The molecular weight excluding hydrogens is 368 g/mol. The number of rotatable bonds is 0. The Kier molecular flexibility index (Phi) is 5.69. The summed E-state index contributed by atoms with van der Waals surface area (Å²) in [4.78, 5) is 21.3. The molecule has 2 aliphatic heterocycles. The third-order valence-corrected chi connectivity index (χ3v) is 7.61. The Bertz CT molecular complexity index is 738. The number of fused-ring (bicyclic) bond motifs is 10. The highest BCUT2D eigenvalue weighted by atomic mass is 16.6. The molecule has 2 saturated carbocycles. The van der Waals surface area contributed by atoms with Gasteiger partial charge in [0, 0.05) is 5.92 Å². The fraction of sp³-hybridized carbons (Fsp3) is 0.667. The summed E-state index contributed by atoms with van der Waals surface area (Å²) >= 11 is 0. The van der Waals surface area contributed by atoms with Crippen molar-refractivity contribution in [3.8, 4) is 0 Å². The molecule has 0 aromatic rings. The van der Waals surface area contributed by atoms with E-state index in [1.165, 1.54) is 19.3 Å². The van der Waals surface area contributed by atoms with Crippen molar-refractivity contribution in [1.29, 1.82) is 0 Å². The van der Waals surface area contributed by atoms with E-state index in [1.54, 1.807) is 0 Å². The molecule has 0 amide bonds. The van der Waals surface area contributed by atoms with Crippen molar-refractivity contribution in [2.45, 2.75) is 39.2 Å². The first kappa shape index (κ1) is 20.4.